The van der Waals surface area contributed by atoms with Crippen molar-refractivity contribution in [1.82, 2.24) is 9.97 Å². The molecule has 0 aliphatic carbocycles. The van der Waals surface area contributed by atoms with Crippen molar-refractivity contribution in [3.05, 3.63) is 42.0 Å². The number of nitrogens with two attached hydrogens (primary N) is 1. The summed E-state index contributed by atoms with van der Waals surface area (Å²) in [6, 6.07) is 5.92. The van der Waals surface area contributed by atoms with Gasteiger partial charge in [0.1, 0.15) is 5.75 Å². The topological polar surface area (TPSA) is 61.0 Å². The first-order valence-corrected chi connectivity index (χ1v) is 5.40. The van der Waals surface area contributed by atoms with E-state index in [0.29, 0.717) is 6.54 Å². The summed E-state index contributed by atoms with van der Waals surface area (Å²) < 4.78 is 5.30. The summed E-state index contributed by atoms with van der Waals surface area (Å²) >= 11 is 0. The Bertz CT molecular complexity index is 509. The summed E-state index contributed by atoms with van der Waals surface area (Å²) in [6.45, 7) is 2.37. The van der Waals surface area contributed by atoms with E-state index in [1.807, 2.05) is 31.3 Å². The van der Waals surface area contributed by atoms with E-state index in [9.17, 15) is 0 Å². The molecule has 0 atom stereocenters. The second-order valence-corrected chi connectivity index (χ2v) is 3.77. The van der Waals surface area contributed by atoms with Crippen LogP contribution < -0.4 is 10.5 Å². The van der Waals surface area contributed by atoms with Crippen molar-refractivity contribution >= 4 is 0 Å². The summed E-state index contributed by atoms with van der Waals surface area (Å²) in [6.07, 6.45) is 3.52. The van der Waals surface area contributed by atoms with Gasteiger partial charge >= 0.3 is 0 Å². The van der Waals surface area contributed by atoms with Gasteiger partial charge in [-0.15, -0.1) is 0 Å². The molecule has 0 spiro atoms. The van der Waals surface area contributed by atoms with Crippen molar-refractivity contribution in [3.63, 3.8) is 0 Å². The van der Waals surface area contributed by atoms with Crippen LogP contribution in [0.3, 0.4) is 0 Å². The van der Waals surface area contributed by atoms with Gasteiger partial charge in [-0.05, 0) is 19.1 Å². The van der Waals surface area contributed by atoms with Gasteiger partial charge in [-0.25, -0.2) is 0 Å². The van der Waals surface area contributed by atoms with Crippen LogP contribution >= 0.6 is 0 Å². The van der Waals surface area contributed by atoms with Gasteiger partial charge in [0.15, 0.2) is 0 Å². The van der Waals surface area contributed by atoms with Crippen LogP contribution in [0.1, 0.15) is 11.4 Å². The Balaban J connectivity index is 2.51. The number of aromatic nitrogens is 2. The van der Waals surface area contributed by atoms with Crippen LogP contribution in [0.2, 0.25) is 0 Å². The van der Waals surface area contributed by atoms with Crippen LogP contribution in [0.15, 0.2) is 30.6 Å². The number of methoxy groups -OCH3 is 1. The summed E-state index contributed by atoms with van der Waals surface area (Å²) in [5, 5.41) is 0. The van der Waals surface area contributed by atoms with E-state index in [4.69, 9.17) is 10.5 Å². The number of hydrogen-bond donors (Lipinski definition) is 1. The Morgan fingerprint density at radius 3 is 2.65 bits per heavy atom. The minimum Gasteiger partial charge on any atom is -0.494 e. The van der Waals surface area contributed by atoms with Gasteiger partial charge < -0.3 is 10.5 Å². The zero-order valence-electron chi connectivity index (χ0n) is 9.97. The van der Waals surface area contributed by atoms with Crippen molar-refractivity contribution in [2.24, 2.45) is 5.73 Å². The lowest BCUT2D eigenvalue weighted by Crippen LogP contribution is -2.01. The first kappa shape index (κ1) is 11.5. The predicted molar refractivity (Wildman–Crippen MR) is 66.6 cm³/mol. The van der Waals surface area contributed by atoms with Crippen LogP contribution in [0.5, 0.6) is 5.75 Å². The summed E-state index contributed by atoms with van der Waals surface area (Å²) in [5.41, 5.74) is 9.39. The average Bonchev–Trinajstić information content (AvgIpc) is 2.39. The van der Waals surface area contributed by atoms with Gasteiger partial charge in [0.25, 0.3) is 0 Å². The van der Waals surface area contributed by atoms with Gasteiger partial charge in [-0.2, -0.15) is 0 Å². The molecule has 0 bridgehead atoms. The third-order valence-corrected chi connectivity index (χ3v) is 2.58. The van der Waals surface area contributed by atoms with Crippen LogP contribution in [-0.2, 0) is 6.54 Å². The molecule has 0 unspecified atom stereocenters. The first-order valence-electron chi connectivity index (χ1n) is 5.40. The Morgan fingerprint density at radius 2 is 2.06 bits per heavy atom. The first-order chi connectivity index (χ1) is 8.24. The second-order valence-electron chi connectivity index (χ2n) is 3.77. The average molecular weight is 229 g/mol. The van der Waals surface area contributed by atoms with Gasteiger partial charge in [0.2, 0.25) is 0 Å². The normalized spacial score (nSPS) is 10.3. The molecule has 0 aliphatic heterocycles. The van der Waals surface area contributed by atoms with Gasteiger partial charge in [0, 0.05) is 29.6 Å². The fraction of sp³-hybridized carbons (Fsp3) is 0.231. The molecule has 0 saturated carbocycles. The maximum Gasteiger partial charge on any atom is 0.145 e. The molecule has 0 amide bonds. The number of ether oxygens (including phenoxy) is 1. The Kier molecular flexibility index (Phi) is 3.35. The van der Waals surface area contributed by atoms with E-state index in [2.05, 4.69) is 9.97 Å². The molecule has 2 aromatic heterocycles. The van der Waals surface area contributed by atoms with E-state index in [-0.39, 0.29) is 0 Å². The van der Waals surface area contributed by atoms with Crippen molar-refractivity contribution in [2.45, 2.75) is 13.5 Å². The summed E-state index contributed by atoms with van der Waals surface area (Å²) in [7, 11) is 1.63. The molecular weight excluding hydrogens is 214 g/mol. The predicted octanol–water partition coefficient (Wildman–Crippen LogP) is 1.92. The SMILES string of the molecule is COc1cnc(CN)cc1-c1ccc(C)nc1. The molecule has 4 heteroatoms. The fourth-order valence-corrected chi connectivity index (χ4v) is 1.61. The van der Waals surface area contributed by atoms with Gasteiger partial charge in [0.05, 0.1) is 19.0 Å². The maximum absolute atomic E-state index is 5.59. The van der Waals surface area contributed by atoms with E-state index < -0.39 is 0 Å². The van der Waals surface area contributed by atoms with E-state index >= 15 is 0 Å². The van der Waals surface area contributed by atoms with Crippen LogP contribution in [-0.4, -0.2) is 17.1 Å². The van der Waals surface area contributed by atoms with Crippen molar-refractivity contribution in [1.29, 1.82) is 0 Å². The van der Waals surface area contributed by atoms with E-state index in [1.165, 1.54) is 0 Å². The molecule has 0 aliphatic rings. The Morgan fingerprint density at radius 1 is 1.24 bits per heavy atom. The third kappa shape index (κ3) is 2.42. The van der Waals surface area contributed by atoms with Crippen molar-refractivity contribution < 1.29 is 4.74 Å². The van der Waals surface area contributed by atoms with Crippen molar-refractivity contribution in [2.75, 3.05) is 7.11 Å². The monoisotopic (exact) mass is 229 g/mol. The van der Waals surface area contributed by atoms with Gasteiger partial charge in [-0.1, -0.05) is 6.07 Å². The molecule has 0 saturated heterocycles. The van der Waals surface area contributed by atoms with Crippen LogP contribution in [0.25, 0.3) is 11.1 Å². The molecule has 4 nitrogen and oxygen atoms in total. The summed E-state index contributed by atoms with van der Waals surface area (Å²) in [4.78, 5) is 8.48. The molecule has 2 rings (SSSR count). The maximum atomic E-state index is 5.59. The highest BCUT2D eigenvalue weighted by molar-refractivity contribution is 5.69. The molecule has 0 radical (unpaired) electrons. The van der Waals surface area contributed by atoms with E-state index in [1.54, 1.807) is 13.3 Å². The molecule has 17 heavy (non-hydrogen) atoms. The lowest BCUT2D eigenvalue weighted by atomic mass is 10.1. The highest BCUT2D eigenvalue weighted by Gasteiger charge is 2.07. The minimum absolute atomic E-state index is 0.413. The summed E-state index contributed by atoms with van der Waals surface area (Å²) in [5.74, 6) is 0.729. The highest BCUT2D eigenvalue weighted by atomic mass is 16.5. The molecule has 0 aromatic carbocycles. The Labute approximate surface area is 100 Å². The van der Waals surface area contributed by atoms with E-state index in [0.717, 1.165) is 28.3 Å². The number of pyridine rings is 2. The van der Waals surface area contributed by atoms with Crippen LogP contribution in [0, 0.1) is 6.92 Å². The Hall–Kier alpha value is -1.94. The number of hydrogen-bond acceptors (Lipinski definition) is 4. The molecular formula is C13H15N3O. The molecule has 88 valence electrons. The largest absolute Gasteiger partial charge is 0.494 e. The van der Waals surface area contributed by atoms with Crippen molar-refractivity contribution in [3.8, 4) is 16.9 Å². The zero-order valence-corrected chi connectivity index (χ0v) is 9.97. The quantitative estimate of drug-likeness (QED) is 0.873. The number of nitrogens with zero attached hydrogens (tertiary/aromatic N) is 2. The number of aryl methyl sites for hydroxylation is 1. The third-order valence-electron chi connectivity index (χ3n) is 2.58. The minimum atomic E-state index is 0.413. The zero-order chi connectivity index (χ0) is 12.3. The number of rotatable bonds is 3. The molecule has 2 heterocycles. The lowest BCUT2D eigenvalue weighted by molar-refractivity contribution is 0.414. The van der Waals surface area contributed by atoms with Crippen LogP contribution in [0.4, 0.5) is 0 Å². The smallest absolute Gasteiger partial charge is 0.145 e. The molecule has 2 N–H and O–H groups in total. The molecule has 2 aromatic rings. The fourth-order valence-electron chi connectivity index (χ4n) is 1.61. The lowest BCUT2D eigenvalue weighted by Gasteiger charge is -2.09. The van der Waals surface area contributed by atoms with Gasteiger partial charge in [-0.3, -0.25) is 9.97 Å². The standard InChI is InChI=1S/C13H15N3O/c1-9-3-4-10(7-15-9)12-5-11(6-14)16-8-13(12)17-2/h3-5,7-8H,6,14H2,1-2H3. The second kappa shape index (κ2) is 4.93. The molecule has 0 fully saturated rings. The highest BCUT2D eigenvalue weighted by Crippen LogP contribution is 2.29.